The van der Waals surface area contributed by atoms with Crippen molar-refractivity contribution in [1.82, 2.24) is 9.80 Å². The van der Waals surface area contributed by atoms with Crippen molar-refractivity contribution < 1.29 is 28.2 Å². The van der Waals surface area contributed by atoms with Gasteiger partial charge in [-0.15, -0.1) is 0 Å². The average molecular weight is 398 g/mol. The molecule has 0 saturated carbocycles. The molecule has 2 aliphatic heterocycles. The molecule has 2 aliphatic rings. The van der Waals surface area contributed by atoms with Gasteiger partial charge in [-0.2, -0.15) is 0 Å². The number of carbonyl (C=O) groups excluding carboxylic acids is 2. The van der Waals surface area contributed by atoms with Gasteiger partial charge in [0.25, 0.3) is 5.91 Å². The molecule has 1 saturated heterocycles. The molecule has 0 bridgehead atoms. The topological polar surface area (TPSA) is 81.5 Å². The van der Waals surface area contributed by atoms with Gasteiger partial charge in [-0.25, -0.2) is 0 Å². The number of fused-ring (bicyclic) bond motifs is 1. The summed E-state index contributed by atoms with van der Waals surface area (Å²) in [5.41, 5.74) is 0.783. The van der Waals surface area contributed by atoms with Crippen LogP contribution in [0.4, 0.5) is 0 Å². The first-order valence-electron chi connectivity index (χ1n) is 9.43. The molecule has 1 fully saturated rings. The Kier molecular flexibility index (Phi) is 5.41. The molecular weight excluding hydrogens is 376 g/mol. The van der Waals surface area contributed by atoms with Gasteiger partial charge in [-0.1, -0.05) is 0 Å². The number of rotatable bonds is 4. The average Bonchev–Trinajstić information content (AvgIpc) is 3.31. The van der Waals surface area contributed by atoms with Gasteiger partial charge in [-0.3, -0.25) is 9.59 Å². The largest absolute Gasteiger partial charge is 0.493 e. The molecule has 0 spiro atoms. The molecule has 3 heterocycles. The summed E-state index contributed by atoms with van der Waals surface area (Å²) >= 11 is 0. The predicted molar refractivity (Wildman–Crippen MR) is 104 cm³/mol. The van der Waals surface area contributed by atoms with E-state index in [9.17, 15) is 9.59 Å². The van der Waals surface area contributed by atoms with Crippen LogP contribution in [-0.4, -0.2) is 68.1 Å². The third kappa shape index (κ3) is 4.06. The maximum absolute atomic E-state index is 12.5. The van der Waals surface area contributed by atoms with E-state index in [4.69, 9.17) is 18.6 Å². The van der Waals surface area contributed by atoms with Crippen LogP contribution in [0.1, 0.15) is 16.1 Å². The second-order valence-electron chi connectivity index (χ2n) is 6.68. The van der Waals surface area contributed by atoms with E-state index in [1.165, 1.54) is 12.3 Å². The monoisotopic (exact) mass is 398 g/mol. The Hall–Kier alpha value is -3.42. The number of benzene rings is 1. The molecule has 29 heavy (non-hydrogen) atoms. The van der Waals surface area contributed by atoms with Crippen LogP contribution < -0.4 is 14.2 Å². The van der Waals surface area contributed by atoms with Crippen LogP contribution in [0.5, 0.6) is 17.2 Å². The van der Waals surface area contributed by atoms with Gasteiger partial charge < -0.3 is 28.4 Å². The fourth-order valence-electron chi connectivity index (χ4n) is 3.35. The molecule has 0 atom stereocenters. The summed E-state index contributed by atoms with van der Waals surface area (Å²) in [7, 11) is 1.57. The molecule has 1 aromatic carbocycles. The van der Waals surface area contributed by atoms with Crippen molar-refractivity contribution in [3.8, 4) is 17.2 Å². The number of methoxy groups -OCH3 is 1. The van der Waals surface area contributed by atoms with Gasteiger partial charge >= 0.3 is 0 Å². The van der Waals surface area contributed by atoms with E-state index in [0.717, 1.165) is 5.56 Å². The van der Waals surface area contributed by atoms with Crippen molar-refractivity contribution in [2.45, 2.75) is 0 Å². The molecule has 8 heteroatoms. The van der Waals surface area contributed by atoms with E-state index in [2.05, 4.69) is 0 Å². The highest BCUT2D eigenvalue weighted by Crippen LogP contribution is 2.40. The predicted octanol–water partition coefficient (Wildman–Crippen LogP) is 2.06. The van der Waals surface area contributed by atoms with Crippen LogP contribution in [0.3, 0.4) is 0 Å². The van der Waals surface area contributed by atoms with Crippen molar-refractivity contribution in [1.29, 1.82) is 0 Å². The molecule has 0 unspecified atom stereocenters. The van der Waals surface area contributed by atoms with Gasteiger partial charge in [0.1, 0.15) is 13.2 Å². The molecule has 152 valence electrons. The summed E-state index contributed by atoms with van der Waals surface area (Å²) in [6.07, 6.45) is 4.73. The van der Waals surface area contributed by atoms with Crippen molar-refractivity contribution in [3.05, 3.63) is 47.9 Å². The second-order valence-corrected chi connectivity index (χ2v) is 6.68. The zero-order valence-electron chi connectivity index (χ0n) is 16.1. The van der Waals surface area contributed by atoms with E-state index >= 15 is 0 Å². The van der Waals surface area contributed by atoms with Crippen LogP contribution in [0.2, 0.25) is 0 Å². The zero-order valence-corrected chi connectivity index (χ0v) is 16.1. The van der Waals surface area contributed by atoms with Gasteiger partial charge in [-0.05, 0) is 35.9 Å². The molecule has 2 amide bonds. The van der Waals surface area contributed by atoms with E-state index in [1.54, 1.807) is 41.2 Å². The van der Waals surface area contributed by atoms with Crippen molar-refractivity contribution in [3.63, 3.8) is 0 Å². The molecular formula is C21H22N2O6. The van der Waals surface area contributed by atoms with Crippen LogP contribution >= 0.6 is 0 Å². The Morgan fingerprint density at radius 1 is 1.07 bits per heavy atom. The lowest BCUT2D eigenvalue weighted by Gasteiger charge is -2.33. The number of hydrogen-bond acceptors (Lipinski definition) is 6. The van der Waals surface area contributed by atoms with E-state index in [0.29, 0.717) is 62.4 Å². The first-order chi connectivity index (χ1) is 14.2. The van der Waals surface area contributed by atoms with Crippen molar-refractivity contribution in [2.24, 2.45) is 0 Å². The highest BCUT2D eigenvalue weighted by molar-refractivity contribution is 5.93. The minimum absolute atomic E-state index is 0.107. The third-order valence-corrected chi connectivity index (χ3v) is 4.88. The Morgan fingerprint density at radius 3 is 2.55 bits per heavy atom. The van der Waals surface area contributed by atoms with Crippen LogP contribution in [-0.2, 0) is 4.79 Å². The lowest BCUT2D eigenvalue weighted by molar-refractivity contribution is -0.127. The highest BCUT2D eigenvalue weighted by Gasteiger charge is 2.25. The quantitative estimate of drug-likeness (QED) is 0.734. The number of hydrogen-bond donors (Lipinski definition) is 0. The minimum atomic E-state index is -0.152. The minimum Gasteiger partial charge on any atom is -0.493 e. The fourth-order valence-corrected chi connectivity index (χ4v) is 3.35. The van der Waals surface area contributed by atoms with Crippen LogP contribution in [0, 0.1) is 0 Å². The fraction of sp³-hybridized carbons (Fsp3) is 0.333. The Balaban J connectivity index is 1.37. The normalized spacial score (nSPS) is 16.2. The first kappa shape index (κ1) is 18.9. The lowest BCUT2D eigenvalue weighted by atomic mass is 10.1. The molecule has 8 nitrogen and oxygen atoms in total. The highest BCUT2D eigenvalue weighted by atomic mass is 16.6. The molecule has 2 aromatic rings. The number of nitrogens with zero attached hydrogens (tertiary/aromatic N) is 2. The van der Waals surface area contributed by atoms with Crippen molar-refractivity contribution in [2.75, 3.05) is 46.5 Å². The first-order valence-corrected chi connectivity index (χ1v) is 9.43. The zero-order chi connectivity index (χ0) is 20.2. The molecule has 0 radical (unpaired) electrons. The SMILES string of the molecule is COc1cc(C=CC(=O)N2CCN(C(=O)c3ccco3)CC2)cc2c1OCCO2. The number of amides is 2. The van der Waals surface area contributed by atoms with E-state index in [-0.39, 0.29) is 11.8 Å². The Bertz CT molecular complexity index is 896. The third-order valence-electron chi connectivity index (χ3n) is 4.88. The summed E-state index contributed by atoms with van der Waals surface area (Å²) in [5, 5.41) is 0. The Labute approximate surface area is 168 Å². The maximum atomic E-state index is 12.5. The standard InChI is InChI=1S/C21H22N2O6/c1-26-17-13-15(14-18-20(17)29-12-11-28-18)4-5-19(24)22-6-8-23(9-7-22)21(25)16-3-2-10-27-16/h2-5,10,13-14H,6-9,11-12H2,1H3. The number of piperazine rings is 1. The second kappa shape index (κ2) is 8.30. The smallest absolute Gasteiger partial charge is 0.289 e. The van der Waals surface area contributed by atoms with E-state index in [1.807, 2.05) is 6.07 Å². The van der Waals surface area contributed by atoms with E-state index < -0.39 is 0 Å². The summed E-state index contributed by atoms with van der Waals surface area (Å²) in [4.78, 5) is 28.3. The van der Waals surface area contributed by atoms with Gasteiger partial charge in [0.15, 0.2) is 17.3 Å². The van der Waals surface area contributed by atoms with Crippen molar-refractivity contribution >= 4 is 17.9 Å². The van der Waals surface area contributed by atoms with Crippen LogP contribution in [0.25, 0.3) is 6.08 Å². The molecule has 0 N–H and O–H groups in total. The van der Waals surface area contributed by atoms with Gasteiger partial charge in [0.05, 0.1) is 13.4 Å². The maximum Gasteiger partial charge on any atom is 0.289 e. The lowest BCUT2D eigenvalue weighted by Crippen LogP contribution is -2.50. The summed E-state index contributed by atoms with van der Waals surface area (Å²) in [5.74, 6) is 1.81. The molecule has 0 aliphatic carbocycles. The van der Waals surface area contributed by atoms with Gasteiger partial charge in [0.2, 0.25) is 11.7 Å². The number of carbonyl (C=O) groups is 2. The summed E-state index contributed by atoms with van der Waals surface area (Å²) < 4.78 is 21.7. The summed E-state index contributed by atoms with van der Waals surface area (Å²) in [6.45, 7) is 2.84. The van der Waals surface area contributed by atoms with Gasteiger partial charge in [0, 0.05) is 32.3 Å². The number of ether oxygens (including phenoxy) is 3. The molecule has 1 aromatic heterocycles. The number of furan rings is 1. The summed E-state index contributed by atoms with van der Waals surface area (Å²) in [6, 6.07) is 6.95. The molecule has 4 rings (SSSR count). The van der Waals surface area contributed by atoms with Crippen LogP contribution in [0.15, 0.2) is 41.0 Å². The Morgan fingerprint density at radius 2 is 1.83 bits per heavy atom.